The van der Waals surface area contributed by atoms with Gasteiger partial charge in [0.15, 0.2) is 0 Å². The van der Waals surface area contributed by atoms with Crippen molar-refractivity contribution in [1.82, 2.24) is 14.7 Å². The van der Waals surface area contributed by atoms with E-state index < -0.39 is 5.97 Å². The van der Waals surface area contributed by atoms with Gasteiger partial charge in [-0.3, -0.25) is 9.48 Å². The Morgan fingerprint density at radius 1 is 1.22 bits per heavy atom. The van der Waals surface area contributed by atoms with Crippen LogP contribution >= 0.6 is 11.6 Å². The third kappa shape index (κ3) is 3.37. The largest absolute Gasteiger partial charge is 0.478 e. The molecule has 0 radical (unpaired) electrons. The minimum absolute atomic E-state index is 0.0300. The third-order valence-corrected chi connectivity index (χ3v) is 4.28. The number of aromatic carboxylic acids is 1. The normalized spacial score (nSPS) is 15.6. The molecule has 23 heavy (non-hydrogen) atoms. The van der Waals surface area contributed by atoms with E-state index in [1.807, 2.05) is 0 Å². The van der Waals surface area contributed by atoms with Crippen molar-refractivity contribution in [3.63, 3.8) is 0 Å². The lowest BCUT2D eigenvalue weighted by Gasteiger charge is -2.32. The van der Waals surface area contributed by atoms with Crippen LogP contribution in [0.4, 0.5) is 0 Å². The number of carboxylic acids is 1. The topological polar surface area (TPSA) is 75.4 Å². The lowest BCUT2D eigenvalue weighted by atomic mass is 10.0. The van der Waals surface area contributed by atoms with Gasteiger partial charge >= 0.3 is 5.97 Å². The van der Waals surface area contributed by atoms with Gasteiger partial charge in [-0.15, -0.1) is 0 Å². The summed E-state index contributed by atoms with van der Waals surface area (Å²) in [6, 6.07) is 7.05. The second-order valence-corrected chi connectivity index (χ2v) is 5.98. The molecule has 1 amide bonds. The number of nitrogens with zero attached hydrogens (tertiary/aromatic N) is 3. The summed E-state index contributed by atoms with van der Waals surface area (Å²) in [6.07, 6.45) is 4.38. The summed E-state index contributed by atoms with van der Waals surface area (Å²) >= 11 is 5.93. The fourth-order valence-electron chi connectivity index (χ4n) is 2.79. The number of amides is 1. The molecule has 7 heteroatoms. The van der Waals surface area contributed by atoms with E-state index in [4.69, 9.17) is 16.7 Å². The fraction of sp³-hybridized carbons (Fsp3) is 0.312. The number of hydrogen-bond donors (Lipinski definition) is 1. The maximum atomic E-state index is 12.5. The van der Waals surface area contributed by atoms with Crippen LogP contribution in [0.25, 0.3) is 0 Å². The van der Waals surface area contributed by atoms with Crippen molar-refractivity contribution in [1.29, 1.82) is 0 Å². The quantitative estimate of drug-likeness (QED) is 0.937. The summed E-state index contributed by atoms with van der Waals surface area (Å²) in [4.78, 5) is 25.2. The third-order valence-electron chi connectivity index (χ3n) is 4.05. The Kier molecular flexibility index (Phi) is 4.34. The maximum absolute atomic E-state index is 12.5. The molecule has 6 nitrogen and oxygen atoms in total. The summed E-state index contributed by atoms with van der Waals surface area (Å²) < 4.78 is 1.69. The molecule has 1 aliphatic heterocycles. The average Bonchev–Trinajstić information content (AvgIpc) is 3.04. The van der Waals surface area contributed by atoms with Crippen LogP contribution in [-0.4, -0.2) is 44.8 Å². The summed E-state index contributed by atoms with van der Waals surface area (Å²) in [6.45, 7) is 1.22. The molecule has 120 valence electrons. The van der Waals surface area contributed by atoms with E-state index in [2.05, 4.69) is 5.10 Å². The molecule has 0 spiro atoms. The molecule has 0 aliphatic carbocycles. The van der Waals surface area contributed by atoms with Gasteiger partial charge in [-0.2, -0.15) is 5.10 Å². The maximum Gasteiger partial charge on any atom is 0.338 e. The van der Waals surface area contributed by atoms with Crippen LogP contribution < -0.4 is 0 Å². The molecule has 0 unspecified atom stereocenters. The lowest BCUT2D eigenvalue weighted by molar-refractivity contribution is 0.0688. The van der Waals surface area contributed by atoms with Crippen molar-refractivity contribution >= 4 is 23.5 Å². The number of hydrogen-bond acceptors (Lipinski definition) is 3. The van der Waals surface area contributed by atoms with Gasteiger partial charge in [0.1, 0.15) is 0 Å². The second-order valence-electron chi connectivity index (χ2n) is 5.55. The Bertz CT molecular complexity index is 736. The zero-order valence-corrected chi connectivity index (χ0v) is 13.1. The zero-order chi connectivity index (χ0) is 16.4. The second kappa shape index (κ2) is 6.42. The molecule has 1 aliphatic rings. The first-order valence-corrected chi connectivity index (χ1v) is 7.74. The Morgan fingerprint density at radius 2 is 1.96 bits per heavy atom. The van der Waals surface area contributed by atoms with Crippen molar-refractivity contribution in [2.45, 2.75) is 18.9 Å². The minimum atomic E-state index is -0.982. The van der Waals surface area contributed by atoms with Gasteiger partial charge in [0.05, 0.1) is 17.8 Å². The molecule has 1 aromatic carbocycles. The Balaban J connectivity index is 1.63. The monoisotopic (exact) mass is 333 g/mol. The Hall–Kier alpha value is -2.34. The summed E-state index contributed by atoms with van der Waals surface area (Å²) in [7, 11) is 0. The van der Waals surface area contributed by atoms with Crippen LogP contribution in [0, 0.1) is 0 Å². The predicted octanol–water partition coefficient (Wildman–Crippen LogP) is 2.71. The number of carbonyl (C=O) groups excluding carboxylic acids is 1. The molecule has 1 aromatic heterocycles. The number of aromatic nitrogens is 2. The van der Waals surface area contributed by atoms with E-state index in [0.717, 1.165) is 12.8 Å². The van der Waals surface area contributed by atoms with Crippen molar-refractivity contribution in [2.75, 3.05) is 13.1 Å². The minimum Gasteiger partial charge on any atom is -0.478 e. The molecule has 1 fully saturated rings. The first-order valence-electron chi connectivity index (χ1n) is 7.37. The van der Waals surface area contributed by atoms with Crippen molar-refractivity contribution in [3.05, 3.63) is 52.8 Å². The number of likely N-dealkylation sites (tertiary alicyclic amines) is 1. The molecule has 0 bridgehead atoms. The molecule has 1 saturated heterocycles. The Labute approximate surface area is 138 Å². The lowest BCUT2D eigenvalue weighted by Crippen LogP contribution is -2.39. The zero-order valence-electron chi connectivity index (χ0n) is 12.4. The van der Waals surface area contributed by atoms with E-state index in [1.165, 1.54) is 6.20 Å². The van der Waals surface area contributed by atoms with Crippen molar-refractivity contribution < 1.29 is 14.7 Å². The van der Waals surface area contributed by atoms with Crippen LogP contribution in [0.3, 0.4) is 0 Å². The van der Waals surface area contributed by atoms with Crippen LogP contribution in [0.1, 0.15) is 39.6 Å². The molecular weight excluding hydrogens is 318 g/mol. The number of carbonyl (C=O) groups is 2. The number of benzene rings is 1. The highest BCUT2D eigenvalue weighted by molar-refractivity contribution is 6.30. The first kappa shape index (κ1) is 15.6. The predicted molar refractivity (Wildman–Crippen MR) is 84.8 cm³/mol. The van der Waals surface area contributed by atoms with Gasteiger partial charge in [-0.05, 0) is 31.0 Å². The van der Waals surface area contributed by atoms with Crippen LogP contribution in [-0.2, 0) is 0 Å². The summed E-state index contributed by atoms with van der Waals surface area (Å²) in [5.41, 5.74) is 0.769. The molecular formula is C16H16ClN3O3. The van der Waals surface area contributed by atoms with Gasteiger partial charge in [-0.25, -0.2) is 4.79 Å². The molecule has 0 atom stereocenters. The number of rotatable bonds is 3. The highest BCUT2D eigenvalue weighted by atomic mass is 35.5. The number of halogens is 1. The molecule has 3 rings (SSSR count). The standard InChI is InChI=1S/C16H16ClN3O3/c17-13-3-1-2-11(8-13)15(21)19-6-4-14(5-7-19)20-10-12(9-18-20)16(22)23/h1-3,8-10,14H,4-7H2,(H,22,23). The SMILES string of the molecule is O=C(O)c1cnn(C2CCN(C(=O)c3cccc(Cl)c3)CC2)c1. The molecule has 2 heterocycles. The van der Waals surface area contributed by atoms with E-state index >= 15 is 0 Å². The van der Waals surface area contributed by atoms with Gasteiger partial charge in [0, 0.05) is 29.9 Å². The summed E-state index contributed by atoms with van der Waals surface area (Å²) in [5, 5.41) is 13.6. The molecule has 1 N–H and O–H groups in total. The van der Waals surface area contributed by atoms with E-state index in [9.17, 15) is 9.59 Å². The smallest absolute Gasteiger partial charge is 0.338 e. The van der Waals surface area contributed by atoms with Gasteiger partial charge in [-0.1, -0.05) is 17.7 Å². The number of carboxylic acid groups (broad SMARTS) is 1. The first-order chi connectivity index (χ1) is 11.0. The molecule has 0 saturated carbocycles. The van der Waals surface area contributed by atoms with Crippen molar-refractivity contribution in [3.8, 4) is 0 Å². The van der Waals surface area contributed by atoms with Gasteiger partial charge in [0.25, 0.3) is 5.91 Å². The highest BCUT2D eigenvalue weighted by Gasteiger charge is 2.25. The van der Waals surface area contributed by atoms with E-state index in [-0.39, 0.29) is 17.5 Å². The highest BCUT2D eigenvalue weighted by Crippen LogP contribution is 2.24. The van der Waals surface area contributed by atoms with Gasteiger partial charge < -0.3 is 10.0 Å². The Morgan fingerprint density at radius 3 is 2.57 bits per heavy atom. The van der Waals surface area contributed by atoms with Crippen molar-refractivity contribution in [2.24, 2.45) is 0 Å². The summed E-state index contributed by atoms with van der Waals surface area (Å²) in [5.74, 6) is -1.01. The van der Waals surface area contributed by atoms with Crippen LogP contribution in [0.15, 0.2) is 36.7 Å². The van der Waals surface area contributed by atoms with Crippen LogP contribution in [0.2, 0.25) is 5.02 Å². The van der Waals surface area contributed by atoms with Crippen LogP contribution in [0.5, 0.6) is 0 Å². The molecule has 2 aromatic rings. The van der Waals surface area contributed by atoms with Gasteiger partial charge in [0.2, 0.25) is 0 Å². The average molecular weight is 334 g/mol. The van der Waals surface area contributed by atoms with E-state index in [1.54, 1.807) is 40.0 Å². The van der Waals surface area contributed by atoms with E-state index in [0.29, 0.717) is 23.7 Å². The number of piperidine rings is 1. The fourth-order valence-corrected chi connectivity index (χ4v) is 2.98.